The minimum absolute atomic E-state index is 0.148. The second-order valence-electron chi connectivity index (χ2n) is 7.45. The third kappa shape index (κ3) is 7.26. The van der Waals surface area contributed by atoms with E-state index in [2.05, 4.69) is 13.8 Å². The first-order valence-corrected chi connectivity index (χ1v) is 10.4. The lowest BCUT2D eigenvalue weighted by Gasteiger charge is -2.24. The first-order valence-electron chi connectivity index (χ1n) is 10.4. The molecule has 0 saturated heterocycles. The van der Waals surface area contributed by atoms with Crippen molar-refractivity contribution in [1.29, 1.82) is 0 Å². The van der Waals surface area contributed by atoms with Crippen molar-refractivity contribution < 1.29 is 18.0 Å². The normalized spacial score (nSPS) is 11.6. The summed E-state index contributed by atoms with van der Waals surface area (Å²) in [6.45, 7) is 5.74. The summed E-state index contributed by atoms with van der Waals surface area (Å²) in [5.41, 5.74) is 0.885. The second-order valence-corrected chi connectivity index (χ2v) is 7.45. The number of halogens is 3. The van der Waals surface area contributed by atoms with E-state index in [-0.39, 0.29) is 5.91 Å². The Morgan fingerprint density at radius 2 is 1.79 bits per heavy atom. The fourth-order valence-corrected chi connectivity index (χ4v) is 3.32. The molecule has 1 heterocycles. The Morgan fingerprint density at radius 1 is 1.03 bits per heavy atom. The zero-order valence-electron chi connectivity index (χ0n) is 17.3. The van der Waals surface area contributed by atoms with Crippen molar-refractivity contribution in [2.45, 2.75) is 71.6 Å². The van der Waals surface area contributed by atoms with Crippen LogP contribution in [-0.2, 0) is 24.1 Å². The molecule has 0 N–H and O–H groups in total. The van der Waals surface area contributed by atoms with Gasteiger partial charge < -0.3 is 9.47 Å². The number of unbranched alkanes of at least 4 members (excludes halogenated alkanes) is 3. The number of aromatic nitrogens is 1. The lowest BCUT2D eigenvalue weighted by atomic mass is 10.1. The summed E-state index contributed by atoms with van der Waals surface area (Å²) in [6, 6.07) is 9.23. The van der Waals surface area contributed by atoms with Gasteiger partial charge in [-0.1, -0.05) is 45.2 Å². The van der Waals surface area contributed by atoms with Gasteiger partial charge in [0.05, 0.1) is 12.1 Å². The SMILES string of the molecule is CCCCCN(Cc1cccn1Cc1cccc(C(F)(F)F)c1)C(=O)CCCC. The van der Waals surface area contributed by atoms with E-state index >= 15 is 0 Å². The van der Waals surface area contributed by atoms with Gasteiger partial charge in [0.15, 0.2) is 0 Å². The van der Waals surface area contributed by atoms with E-state index < -0.39 is 11.7 Å². The van der Waals surface area contributed by atoms with Crippen LogP contribution >= 0.6 is 0 Å². The van der Waals surface area contributed by atoms with Gasteiger partial charge in [-0.15, -0.1) is 0 Å². The van der Waals surface area contributed by atoms with Gasteiger partial charge in [-0.3, -0.25) is 4.79 Å². The number of hydrogen-bond acceptors (Lipinski definition) is 1. The van der Waals surface area contributed by atoms with E-state index in [1.807, 2.05) is 27.8 Å². The van der Waals surface area contributed by atoms with Crippen LogP contribution < -0.4 is 0 Å². The minimum Gasteiger partial charge on any atom is -0.345 e. The molecule has 0 bridgehead atoms. The Kier molecular flexibility index (Phi) is 8.80. The molecule has 2 aromatic rings. The lowest BCUT2D eigenvalue weighted by Crippen LogP contribution is -2.32. The molecule has 1 aromatic heterocycles. The first-order chi connectivity index (χ1) is 13.8. The monoisotopic (exact) mass is 408 g/mol. The molecule has 160 valence electrons. The van der Waals surface area contributed by atoms with Crippen molar-refractivity contribution in [1.82, 2.24) is 9.47 Å². The van der Waals surface area contributed by atoms with Crippen LogP contribution in [0.5, 0.6) is 0 Å². The van der Waals surface area contributed by atoms with E-state index in [1.54, 1.807) is 6.07 Å². The maximum absolute atomic E-state index is 13.0. The Bertz CT molecular complexity index is 767. The van der Waals surface area contributed by atoms with Gasteiger partial charge in [0.1, 0.15) is 0 Å². The maximum atomic E-state index is 13.0. The molecule has 0 unspecified atom stereocenters. The van der Waals surface area contributed by atoms with E-state index in [0.717, 1.165) is 43.9 Å². The Hall–Kier alpha value is -2.24. The van der Waals surface area contributed by atoms with Crippen LogP contribution in [-0.4, -0.2) is 21.9 Å². The van der Waals surface area contributed by atoms with Crippen LogP contribution in [0.4, 0.5) is 13.2 Å². The fourth-order valence-electron chi connectivity index (χ4n) is 3.32. The van der Waals surface area contributed by atoms with Crippen LogP contribution in [0.3, 0.4) is 0 Å². The summed E-state index contributed by atoms with van der Waals surface area (Å²) in [6.07, 6.45) is 3.01. The number of hydrogen-bond donors (Lipinski definition) is 0. The van der Waals surface area contributed by atoms with Gasteiger partial charge in [0.25, 0.3) is 0 Å². The second kappa shape index (κ2) is 11.1. The summed E-state index contributed by atoms with van der Waals surface area (Å²) in [5, 5.41) is 0. The summed E-state index contributed by atoms with van der Waals surface area (Å²) in [7, 11) is 0. The third-order valence-corrected chi connectivity index (χ3v) is 5.01. The summed E-state index contributed by atoms with van der Waals surface area (Å²) in [5.74, 6) is 0.148. The average Bonchev–Trinajstić information content (AvgIpc) is 3.11. The Labute approximate surface area is 171 Å². The molecule has 0 spiro atoms. The zero-order valence-corrected chi connectivity index (χ0v) is 17.3. The van der Waals surface area contributed by atoms with E-state index in [1.165, 1.54) is 12.1 Å². The molecular formula is C23H31F3N2O. The molecule has 0 aliphatic rings. The maximum Gasteiger partial charge on any atom is 0.416 e. The summed E-state index contributed by atoms with van der Waals surface area (Å²) >= 11 is 0. The highest BCUT2D eigenvalue weighted by Crippen LogP contribution is 2.29. The molecule has 29 heavy (non-hydrogen) atoms. The van der Waals surface area contributed by atoms with E-state index in [0.29, 0.717) is 31.6 Å². The molecule has 0 saturated carbocycles. The predicted molar refractivity (Wildman–Crippen MR) is 109 cm³/mol. The first kappa shape index (κ1) is 23.0. The molecule has 6 heteroatoms. The number of rotatable bonds is 11. The van der Waals surface area contributed by atoms with Gasteiger partial charge in [0.2, 0.25) is 5.91 Å². The van der Waals surface area contributed by atoms with Crippen molar-refractivity contribution >= 4 is 5.91 Å². The number of carbonyl (C=O) groups excluding carboxylic acids is 1. The number of alkyl halides is 3. The molecule has 1 amide bonds. The highest BCUT2D eigenvalue weighted by molar-refractivity contribution is 5.76. The third-order valence-electron chi connectivity index (χ3n) is 5.01. The van der Waals surface area contributed by atoms with Gasteiger partial charge in [0, 0.05) is 31.4 Å². The van der Waals surface area contributed by atoms with Crippen LogP contribution in [0.25, 0.3) is 0 Å². The molecule has 1 aromatic carbocycles. The van der Waals surface area contributed by atoms with Gasteiger partial charge >= 0.3 is 6.18 Å². The van der Waals surface area contributed by atoms with Crippen molar-refractivity contribution in [3.63, 3.8) is 0 Å². The van der Waals surface area contributed by atoms with Crippen molar-refractivity contribution in [2.75, 3.05) is 6.54 Å². The highest BCUT2D eigenvalue weighted by Gasteiger charge is 2.30. The molecule has 0 aliphatic heterocycles. The van der Waals surface area contributed by atoms with Gasteiger partial charge in [-0.2, -0.15) is 13.2 Å². The van der Waals surface area contributed by atoms with Crippen LogP contribution in [0.2, 0.25) is 0 Å². The van der Waals surface area contributed by atoms with Crippen molar-refractivity contribution in [3.8, 4) is 0 Å². The molecule has 0 radical (unpaired) electrons. The molecule has 3 nitrogen and oxygen atoms in total. The molecular weight excluding hydrogens is 377 g/mol. The largest absolute Gasteiger partial charge is 0.416 e. The number of amides is 1. The molecule has 0 aliphatic carbocycles. The van der Waals surface area contributed by atoms with Gasteiger partial charge in [-0.05, 0) is 42.7 Å². The molecule has 2 rings (SSSR count). The van der Waals surface area contributed by atoms with Gasteiger partial charge in [-0.25, -0.2) is 0 Å². The van der Waals surface area contributed by atoms with Crippen molar-refractivity contribution in [2.24, 2.45) is 0 Å². The lowest BCUT2D eigenvalue weighted by molar-refractivity contribution is -0.137. The summed E-state index contributed by atoms with van der Waals surface area (Å²) in [4.78, 5) is 14.5. The Balaban J connectivity index is 2.13. The van der Waals surface area contributed by atoms with E-state index in [9.17, 15) is 18.0 Å². The van der Waals surface area contributed by atoms with Crippen LogP contribution in [0.1, 0.15) is 69.2 Å². The van der Waals surface area contributed by atoms with Crippen LogP contribution in [0.15, 0.2) is 42.6 Å². The number of carbonyl (C=O) groups is 1. The quantitative estimate of drug-likeness (QED) is 0.403. The predicted octanol–water partition coefficient (Wildman–Crippen LogP) is 6.26. The fraction of sp³-hybridized carbons (Fsp3) is 0.522. The van der Waals surface area contributed by atoms with E-state index in [4.69, 9.17) is 0 Å². The van der Waals surface area contributed by atoms with Crippen molar-refractivity contribution in [3.05, 3.63) is 59.4 Å². The number of nitrogens with zero attached hydrogens (tertiary/aromatic N) is 2. The highest BCUT2D eigenvalue weighted by atomic mass is 19.4. The van der Waals surface area contributed by atoms with Crippen LogP contribution in [0, 0.1) is 0 Å². The number of benzene rings is 1. The molecule has 0 fully saturated rings. The topological polar surface area (TPSA) is 25.2 Å². The Morgan fingerprint density at radius 3 is 2.48 bits per heavy atom. The molecule has 0 atom stereocenters. The average molecular weight is 409 g/mol. The smallest absolute Gasteiger partial charge is 0.345 e. The summed E-state index contributed by atoms with van der Waals surface area (Å²) < 4.78 is 40.9. The minimum atomic E-state index is -4.35. The zero-order chi connectivity index (χ0) is 21.3. The standard InChI is InChI=1S/C23H31F3N2O/c1-3-5-7-14-28(22(29)13-6-4-2)18-21-12-9-15-27(21)17-19-10-8-11-20(16-19)23(24,25)26/h8-12,15-16H,3-7,13-14,17-18H2,1-2H3.